The third kappa shape index (κ3) is 3.56. The summed E-state index contributed by atoms with van der Waals surface area (Å²) in [7, 11) is 0. The van der Waals surface area contributed by atoms with Crippen LogP contribution in [0, 0.1) is 0 Å². The van der Waals surface area contributed by atoms with Gasteiger partial charge in [-0.05, 0) is 31.5 Å². The number of hydrogen-bond donors (Lipinski definition) is 1. The van der Waals surface area contributed by atoms with E-state index in [1.165, 1.54) is 10.7 Å². The summed E-state index contributed by atoms with van der Waals surface area (Å²) in [4.78, 5) is 23.8. The van der Waals surface area contributed by atoms with E-state index >= 15 is 0 Å². The quantitative estimate of drug-likeness (QED) is 0.827. The van der Waals surface area contributed by atoms with Crippen LogP contribution in [0.4, 0.5) is 0 Å². The van der Waals surface area contributed by atoms with Gasteiger partial charge in [0.05, 0.1) is 0 Å². The molecule has 0 aliphatic carbocycles. The predicted octanol–water partition coefficient (Wildman–Crippen LogP) is 0.978. The van der Waals surface area contributed by atoms with Crippen molar-refractivity contribution in [3.8, 4) is 11.5 Å². The Hall–Kier alpha value is -2.83. The van der Waals surface area contributed by atoms with E-state index in [1.807, 2.05) is 18.2 Å². The highest BCUT2D eigenvalue weighted by molar-refractivity contribution is 5.82. The number of aryl methyl sites for hydroxylation is 1. The Morgan fingerprint density at radius 3 is 2.71 bits per heavy atom. The molecule has 1 aliphatic rings. The Labute approximate surface area is 139 Å². The van der Waals surface area contributed by atoms with Gasteiger partial charge in [0.15, 0.2) is 11.5 Å². The van der Waals surface area contributed by atoms with Crippen LogP contribution in [0.15, 0.2) is 47.4 Å². The predicted molar refractivity (Wildman–Crippen MR) is 87.1 cm³/mol. The minimum absolute atomic E-state index is 0.155. The number of para-hydroxylation sites is 2. The molecular formula is C17H19N3O4. The fourth-order valence-corrected chi connectivity index (χ4v) is 2.50. The molecule has 126 valence electrons. The first-order chi connectivity index (χ1) is 11.6. The molecule has 0 radical (unpaired) electrons. The molecule has 1 aromatic carbocycles. The van der Waals surface area contributed by atoms with E-state index < -0.39 is 6.10 Å². The van der Waals surface area contributed by atoms with E-state index in [0.29, 0.717) is 31.0 Å². The Morgan fingerprint density at radius 2 is 1.96 bits per heavy atom. The van der Waals surface area contributed by atoms with Gasteiger partial charge in [-0.15, -0.1) is 0 Å². The molecule has 1 aliphatic heterocycles. The van der Waals surface area contributed by atoms with Gasteiger partial charge in [-0.2, -0.15) is 5.10 Å². The molecule has 2 atom stereocenters. The number of rotatable bonds is 5. The Morgan fingerprint density at radius 1 is 1.21 bits per heavy atom. The SMILES string of the molecule is C[C@@H]1Oc2ccccc2O[C@@H]1C(=O)NCCCn1ncccc1=O. The molecule has 2 heterocycles. The number of nitrogens with one attached hydrogen (secondary N) is 1. The highest BCUT2D eigenvalue weighted by Crippen LogP contribution is 2.33. The van der Waals surface area contributed by atoms with Crippen LogP contribution in [-0.4, -0.2) is 34.4 Å². The maximum Gasteiger partial charge on any atom is 0.266 e. The number of carbonyl (C=O) groups excluding carboxylic acids is 1. The maximum atomic E-state index is 12.3. The van der Waals surface area contributed by atoms with Gasteiger partial charge in [0, 0.05) is 25.4 Å². The molecular weight excluding hydrogens is 310 g/mol. The van der Waals surface area contributed by atoms with Crippen molar-refractivity contribution in [3.63, 3.8) is 0 Å². The van der Waals surface area contributed by atoms with Gasteiger partial charge in [0.1, 0.15) is 6.10 Å². The minimum atomic E-state index is -0.697. The van der Waals surface area contributed by atoms with Crippen molar-refractivity contribution in [2.45, 2.75) is 32.1 Å². The Kier molecular flexibility index (Phi) is 4.79. The molecule has 7 nitrogen and oxygen atoms in total. The highest BCUT2D eigenvalue weighted by Gasteiger charge is 2.33. The number of benzene rings is 1. The van der Waals surface area contributed by atoms with Crippen LogP contribution in [0.1, 0.15) is 13.3 Å². The number of carbonyl (C=O) groups is 1. The summed E-state index contributed by atoms with van der Waals surface area (Å²) in [6.45, 7) is 2.67. The molecule has 2 aromatic rings. The topological polar surface area (TPSA) is 82.4 Å². The normalized spacial score (nSPS) is 18.9. The lowest BCUT2D eigenvalue weighted by atomic mass is 10.1. The monoisotopic (exact) mass is 329 g/mol. The summed E-state index contributed by atoms with van der Waals surface area (Å²) >= 11 is 0. The molecule has 0 spiro atoms. The average molecular weight is 329 g/mol. The summed E-state index contributed by atoms with van der Waals surface area (Å²) in [6.07, 6.45) is 1.09. The van der Waals surface area contributed by atoms with Crippen molar-refractivity contribution in [1.29, 1.82) is 0 Å². The van der Waals surface area contributed by atoms with E-state index in [1.54, 1.807) is 25.3 Å². The van der Waals surface area contributed by atoms with Crippen LogP contribution in [-0.2, 0) is 11.3 Å². The van der Waals surface area contributed by atoms with Crippen LogP contribution < -0.4 is 20.3 Å². The van der Waals surface area contributed by atoms with Gasteiger partial charge in [0.25, 0.3) is 11.5 Å². The van der Waals surface area contributed by atoms with Crippen LogP contribution in [0.5, 0.6) is 11.5 Å². The second-order valence-electron chi connectivity index (χ2n) is 5.54. The lowest BCUT2D eigenvalue weighted by molar-refractivity contribution is -0.133. The number of aromatic nitrogens is 2. The van der Waals surface area contributed by atoms with Crippen molar-refractivity contribution in [2.24, 2.45) is 0 Å². The third-order valence-electron chi connectivity index (χ3n) is 3.73. The average Bonchev–Trinajstić information content (AvgIpc) is 2.59. The molecule has 0 unspecified atom stereocenters. The zero-order chi connectivity index (χ0) is 16.9. The van der Waals surface area contributed by atoms with Gasteiger partial charge in [-0.25, -0.2) is 4.68 Å². The van der Waals surface area contributed by atoms with E-state index in [-0.39, 0.29) is 17.6 Å². The molecule has 24 heavy (non-hydrogen) atoms. The zero-order valence-electron chi connectivity index (χ0n) is 13.3. The Bertz CT molecular complexity index is 774. The van der Waals surface area contributed by atoms with Crippen molar-refractivity contribution in [3.05, 3.63) is 52.9 Å². The zero-order valence-corrected chi connectivity index (χ0v) is 13.3. The number of hydrogen-bond acceptors (Lipinski definition) is 5. The number of fused-ring (bicyclic) bond motifs is 1. The maximum absolute atomic E-state index is 12.3. The first-order valence-corrected chi connectivity index (χ1v) is 7.87. The molecule has 0 bridgehead atoms. The van der Waals surface area contributed by atoms with Crippen LogP contribution in [0.2, 0.25) is 0 Å². The van der Waals surface area contributed by atoms with Crippen molar-refractivity contribution >= 4 is 5.91 Å². The molecule has 7 heteroatoms. The second kappa shape index (κ2) is 7.16. The Balaban J connectivity index is 1.50. The van der Waals surface area contributed by atoms with Crippen LogP contribution >= 0.6 is 0 Å². The smallest absolute Gasteiger partial charge is 0.266 e. The summed E-state index contributed by atoms with van der Waals surface area (Å²) in [5.74, 6) is 0.977. The van der Waals surface area contributed by atoms with E-state index in [2.05, 4.69) is 10.4 Å². The minimum Gasteiger partial charge on any atom is -0.482 e. The first kappa shape index (κ1) is 16.0. The molecule has 1 amide bonds. The van der Waals surface area contributed by atoms with E-state index in [9.17, 15) is 9.59 Å². The van der Waals surface area contributed by atoms with Gasteiger partial charge in [-0.1, -0.05) is 12.1 Å². The number of amides is 1. The van der Waals surface area contributed by atoms with Gasteiger partial charge in [-0.3, -0.25) is 9.59 Å². The molecule has 1 aromatic heterocycles. The molecule has 0 saturated carbocycles. The van der Waals surface area contributed by atoms with Gasteiger partial charge in [0.2, 0.25) is 6.10 Å². The summed E-state index contributed by atoms with van der Waals surface area (Å²) in [5.41, 5.74) is -0.155. The standard InChI is InChI=1S/C17H19N3O4/c1-12-16(24-14-7-3-2-6-13(14)23-12)17(22)18-9-5-11-20-15(21)8-4-10-19-20/h2-4,6-8,10,12,16H,5,9,11H2,1H3,(H,18,22)/t12-,16-/m0/s1. The highest BCUT2D eigenvalue weighted by atomic mass is 16.6. The van der Waals surface area contributed by atoms with Gasteiger partial charge < -0.3 is 14.8 Å². The first-order valence-electron chi connectivity index (χ1n) is 7.87. The number of ether oxygens (including phenoxy) is 2. The number of nitrogens with zero attached hydrogens (tertiary/aromatic N) is 2. The lowest BCUT2D eigenvalue weighted by Gasteiger charge is -2.31. The molecule has 0 saturated heterocycles. The van der Waals surface area contributed by atoms with Gasteiger partial charge >= 0.3 is 0 Å². The summed E-state index contributed by atoms with van der Waals surface area (Å²) in [5, 5.41) is 6.78. The summed E-state index contributed by atoms with van der Waals surface area (Å²) < 4.78 is 12.8. The van der Waals surface area contributed by atoms with E-state index in [0.717, 1.165) is 0 Å². The summed E-state index contributed by atoms with van der Waals surface area (Å²) in [6, 6.07) is 10.3. The van der Waals surface area contributed by atoms with Crippen LogP contribution in [0.25, 0.3) is 0 Å². The fourth-order valence-electron chi connectivity index (χ4n) is 2.50. The van der Waals surface area contributed by atoms with Crippen molar-refractivity contribution < 1.29 is 14.3 Å². The second-order valence-corrected chi connectivity index (χ2v) is 5.54. The van der Waals surface area contributed by atoms with Crippen LogP contribution in [0.3, 0.4) is 0 Å². The van der Waals surface area contributed by atoms with Crippen molar-refractivity contribution in [1.82, 2.24) is 15.1 Å². The molecule has 0 fully saturated rings. The largest absolute Gasteiger partial charge is 0.482 e. The third-order valence-corrected chi connectivity index (χ3v) is 3.73. The lowest BCUT2D eigenvalue weighted by Crippen LogP contribution is -2.49. The van der Waals surface area contributed by atoms with E-state index in [4.69, 9.17) is 9.47 Å². The fraction of sp³-hybridized carbons (Fsp3) is 0.353. The van der Waals surface area contributed by atoms with Crippen molar-refractivity contribution in [2.75, 3.05) is 6.54 Å². The molecule has 3 rings (SSSR count). The molecule has 1 N–H and O–H groups in total.